The molecule has 94 valence electrons. The van der Waals surface area contributed by atoms with Crippen LogP contribution in [-0.4, -0.2) is 22.2 Å². The minimum absolute atomic E-state index is 0.262. The maximum atomic E-state index is 11.0. The predicted molar refractivity (Wildman–Crippen MR) is 64.9 cm³/mol. The zero-order valence-corrected chi connectivity index (χ0v) is 10.6. The van der Waals surface area contributed by atoms with Crippen LogP contribution in [-0.2, 0) is 0 Å². The van der Waals surface area contributed by atoms with Crippen LogP contribution in [0.1, 0.15) is 47.0 Å². The van der Waals surface area contributed by atoms with Crippen molar-refractivity contribution in [2.24, 2.45) is 5.41 Å². The van der Waals surface area contributed by atoms with Gasteiger partial charge in [0, 0.05) is 11.3 Å². The second-order valence-electron chi connectivity index (χ2n) is 4.39. The van der Waals surface area contributed by atoms with E-state index in [9.17, 15) is 15.2 Å². The molecule has 0 saturated heterocycles. The molecule has 4 heteroatoms. The van der Waals surface area contributed by atoms with Crippen molar-refractivity contribution in [3.63, 3.8) is 0 Å². The van der Waals surface area contributed by atoms with Gasteiger partial charge in [0.2, 0.25) is 6.04 Å². The molecule has 0 saturated carbocycles. The quantitative estimate of drug-likeness (QED) is 0.415. The van der Waals surface area contributed by atoms with Gasteiger partial charge in [0.25, 0.3) is 0 Å². The molecule has 0 aromatic rings. The molecular formula is C12H23NO3. The summed E-state index contributed by atoms with van der Waals surface area (Å²) >= 11 is 0. The van der Waals surface area contributed by atoms with E-state index in [-0.39, 0.29) is 4.92 Å². The molecule has 3 unspecified atom stereocenters. The molecule has 0 bridgehead atoms. The maximum absolute atomic E-state index is 11.0. The van der Waals surface area contributed by atoms with Crippen LogP contribution in [0.2, 0.25) is 0 Å². The van der Waals surface area contributed by atoms with Crippen LogP contribution in [0.3, 0.4) is 0 Å². The van der Waals surface area contributed by atoms with E-state index >= 15 is 0 Å². The Labute approximate surface area is 97.5 Å². The van der Waals surface area contributed by atoms with Gasteiger partial charge in [-0.3, -0.25) is 10.1 Å². The van der Waals surface area contributed by atoms with E-state index in [0.717, 1.165) is 0 Å². The molecule has 0 aromatic heterocycles. The average Bonchev–Trinajstić information content (AvgIpc) is 2.25. The van der Waals surface area contributed by atoms with Crippen LogP contribution in [0.5, 0.6) is 0 Å². The molecule has 4 nitrogen and oxygen atoms in total. The molecule has 0 aliphatic carbocycles. The molecule has 1 N–H and O–H groups in total. The molecule has 16 heavy (non-hydrogen) atoms. The zero-order chi connectivity index (χ0) is 12.8. The standard InChI is InChI=1S/C12H23NO3/c1-5-8-9-11(14)12(4,7-3)10(6-2)13(15)16/h5,8,10-11,14H,6-7,9H2,1-4H3/b8-5-. The number of nitro groups is 1. The third-order valence-electron chi connectivity index (χ3n) is 3.52. The van der Waals surface area contributed by atoms with Crippen LogP contribution in [0.25, 0.3) is 0 Å². The van der Waals surface area contributed by atoms with Crippen LogP contribution < -0.4 is 0 Å². The molecule has 0 radical (unpaired) electrons. The minimum atomic E-state index is -0.683. The van der Waals surface area contributed by atoms with Gasteiger partial charge < -0.3 is 5.11 Å². The Bertz CT molecular complexity index is 253. The van der Waals surface area contributed by atoms with Crippen molar-refractivity contribution in [2.45, 2.75) is 59.1 Å². The van der Waals surface area contributed by atoms with Crippen molar-refractivity contribution in [1.82, 2.24) is 0 Å². The number of rotatable bonds is 7. The van der Waals surface area contributed by atoms with Gasteiger partial charge in [-0.1, -0.05) is 32.9 Å². The largest absolute Gasteiger partial charge is 0.392 e. The van der Waals surface area contributed by atoms with Crippen molar-refractivity contribution < 1.29 is 10.0 Å². The summed E-state index contributed by atoms with van der Waals surface area (Å²) in [6.45, 7) is 7.37. The van der Waals surface area contributed by atoms with E-state index in [4.69, 9.17) is 0 Å². The third kappa shape index (κ3) is 3.30. The molecule has 0 aliphatic rings. The first-order chi connectivity index (χ1) is 7.43. The van der Waals surface area contributed by atoms with Crippen LogP contribution >= 0.6 is 0 Å². The van der Waals surface area contributed by atoms with Gasteiger partial charge >= 0.3 is 0 Å². The Balaban J connectivity index is 4.92. The summed E-state index contributed by atoms with van der Waals surface area (Å²) < 4.78 is 0. The number of hydrogen-bond acceptors (Lipinski definition) is 3. The Kier molecular flexibility index (Phi) is 6.26. The van der Waals surface area contributed by atoms with E-state index in [1.165, 1.54) is 0 Å². The van der Waals surface area contributed by atoms with Gasteiger partial charge in [-0.25, -0.2) is 0 Å². The SMILES string of the molecule is C/C=C\CC(O)C(C)(CC)C(CC)[N+](=O)[O-]. The number of nitrogens with zero attached hydrogens (tertiary/aromatic N) is 1. The smallest absolute Gasteiger partial charge is 0.220 e. The molecule has 0 heterocycles. The summed E-state index contributed by atoms with van der Waals surface area (Å²) in [5.41, 5.74) is -0.655. The van der Waals surface area contributed by atoms with Crippen molar-refractivity contribution >= 4 is 0 Å². The number of aliphatic hydroxyl groups is 1. The molecule has 0 rings (SSSR count). The van der Waals surface area contributed by atoms with Gasteiger partial charge in [0.15, 0.2) is 0 Å². The molecule has 0 aliphatic heterocycles. The number of hydrogen-bond donors (Lipinski definition) is 1. The lowest BCUT2D eigenvalue weighted by molar-refractivity contribution is -0.546. The summed E-state index contributed by atoms with van der Waals surface area (Å²) in [6, 6.07) is -0.683. The van der Waals surface area contributed by atoms with Crippen LogP contribution in [0.15, 0.2) is 12.2 Å². The second kappa shape index (κ2) is 6.63. The minimum Gasteiger partial charge on any atom is -0.392 e. The lowest BCUT2D eigenvalue weighted by Gasteiger charge is -2.34. The molecule has 3 atom stereocenters. The number of allylic oxidation sites excluding steroid dienone is 1. The fraction of sp³-hybridized carbons (Fsp3) is 0.833. The highest BCUT2D eigenvalue weighted by Crippen LogP contribution is 2.35. The van der Waals surface area contributed by atoms with Crippen molar-refractivity contribution in [1.29, 1.82) is 0 Å². The Hall–Kier alpha value is -0.900. The average molecular weight is 229 g/mol. The zero-order valence-electron chi connectivity index (χ0n) is 10.6. The van der Waals surface area contributed by atoms with Gasteiger partial charge in [0.05, 0.1) is 11.5 Å². The Morgan fingerprint density at radius 2 is 2.06 bits per heavy atom. The summed E-state index contributed by atoms with van der Waals surface area (Å²) in [5.74, 6) is 0. The summed E-state index contributed by atoms with van der Waals surface area (Å²) in [7, 11) is 0. The number of aliphatic hydroxyl groups excluding tert-OH is 1. The predicted octanol–water partition coefficient (Wildman–Crippen LogP) is 2.79. The fourth-order valence-electron chi connectivity index (χ4n) is 2.08. The molecule has 0 amide bonds. The maximum Gasteiger partial charge on any atom is 0.220 e. The molecule has 0 spiro atoms. The molecular weight excluding hydrogens is 206 g/mol. The first-order valence-corrected chi connectivity index (χ1v) is 5.86. The highest BCUT2D eigenvalue weighted by molar-refractivity contribution is 4.92. The second-order valence-corrected chi connectivity index (χ2v) is 4.39. The Morgan fingerprint density at radius 3 is 2.38 bits per heavy atom. The van der Waals surface area contributed by atoms with E-state index in [1.807, 2.05) is 26.0 Å². The monoisotopic (exact) mass is 229 g/mol. The van der Waals surface area contributed by atoms with E-state index in [2.05, 4.69) is 0 Å². The van der Waals surface area contributed by atoms with Gasteiger partial charge in [0.1, 0.15) is 0 Å². The summed E-state index contributed by atoms with van der Waals surface area (Å²) in [5, 5.41) is 21.1. The normalized spacial score (nSPS) is 19.3. The van der Waals surface area contributed by atoms with Crippen molar-refractivity contribution in [2.75, 3.05) is 0 Å². The van der Waals surface area contributed by atoms with E-state index in [1.54, 1.807) is 13.8 Å². The van der Waals surface area contributed by atoms with E-state index < -0.39 is 17.6 Å². The highest BCUT2D eigenvalue weighted by Gasteiger charge is 2.45. The van der Waals surface area contributed by atoms with Crippen molar-refractivity contribution in [3.8, 4) is 0 Å². The molecule has 0 aromatic carbocycles. The van der Waals surface area contributed by atoms with Crippen molar-refractivity contribution in [3.05, 3.63) is 22.3 Å². The highest BCUT2D eigenvalue weighted by atomic mass is 16.6. The summed E-state index contributed by atoms with van der Waals surface area (Å²) in [4.78, 5) is 10.7. The summed E-state index contributed by atoms with van der Waals surface area (Å²) in [6.07, 6.45) is 4.57. The fourth-order valence-corrected chi connectivity index (χ4v) is 2.08. The first-order valence-electron chi connectivity index (χ1n) is 5.86. The van der Waals surface area contributed by atoms with Gasteiger partial charge in [-0.05, 0) is 19.8 Å². The topological polar surface area (TPSA) is 63.4 Å². The first kappa shape index (κ1) is 15.1. The van der Waals surface area contributed by atoms with Gasteiger partial charge in [-0.2, -0.15) is 0 Å². The van der Waals surface area contributed by atoms with E-state index in [0.29, 0.717) is 19.3 Å². The van der Waals surface area contributed by atoms with Crippen LogP contribution in [0, 0.1) is 15.5 Å². The third-order valence-corrected chi connectivity index (χ3v) is 3.52. The lowest BCUT2D eigenvalue weighted by Crippen LogP contribution is -2.46. The lowest BCUT2D eigenvalue weighted by atomic mass is 9.73. The molecule has 0 fully saturated rings. The van der Waals surface area contributed by atoms with Crippen LogP contribution in [0.4, 0.5) is 0 Å². The van der Waals surface area contributed by atoms with Gasteiger partial charge in [-0.15, -0.1) is 0 Å². The Morgan fingerprint density at radius 1 is 1.50 bits per heavy atom.